The van der Waals surface area contributed by atoms with Crippen LogP contribution in [0.25, 0.3) is 0 Å². The maximum Gasteiger partial charge on any atom is 0.341 e. The Kier molecular flexibility index (Phi) is 9.32. The first-order valence-corrected chi connectivity index (χ1v) is 12.3. The number of nitrogens with zero attached hydrogens (tertiary/aromatic N) is 1. The fourth-order valence-corrected chi connectivity index (χ4v) is 5.39. The molecule has 186 valence electrons. The predicted molar refractivity (Wildman–Crippen MR) is 142 cm³/mol. The normalized spacial score (nSPS) is 13.0. The van der Waals surface area contributed by atoms with Gasteiger partial charge in [-0.05, 0) is 41.2 Å². The summed E-state index contributed by atoms with van der Waals surface area (Å²) in [5.74, 6) is 0.338. The molecule has 0 unspecified atom stereocenters. The van der Waals surface area contributed by atoms with E-state index in [0.29, 0.717) is 22.2 Å². The Morgan fingerprint density at radius 3 is 2.46 bits per heavy atom. The van der Waals surface area contributed by atoms with Gasteiger partial charge in [-0.3, -0.25) is 9.69 Å². The van der Waals surface area contributed by atoms with Gasteiger partial charge in [0, 0.05) is 24.5 Å². The van der Waals surface area contributed by atoms with E-state index in [1.165, 1.54) is 29.6 Å². The largest absolute Gasteiger partial charge is 0.484 e. The number of thiophene rings is 1. The number of ether oxygens (including phenoxy) is 2. The van der Waals surface area contributed by atoms with Crippen LogP contribution in [0.4, 0.5) is 5.00 Å². The molecule has 0 saturated heterocycles. The summed E-state index contributed by atoms with van der Waals surface area (Å²) in [4.78, 5) is 28.7. The van der Waals surface area contributed by atoms with Crippen molar-refractivity contribution in [2.75, 3.05) is 25.6 Å². The van der Waals surface area contributed by atoms with E-state index in [2.05, 4.69) is 36.2 Å². The number of anilines is 1. The monoisotopic (exact) mass is 514 g/mol. The lowest BCUT2D eigenvalue weighted by atomic mass is 10.0. The van der Waals surface area contributed by atoms with E-state index in [9.17, 15) is 9.59 Å². The van der Waals surface area contributed by atoms with Crippen LogP contribution in [0.2, 0.25) is 0 Å². The Morgan fingerprint density at radius 2 is 1.80 bits per heavy atom. The third kappa shape index (κ3) is 6.63. The fourth-order valence-electron chi connectivity index (χ4n) is 4.10. The van der Waals surface area contributed by atoms with Gasteiger partial charge in [0.1, 0.15) is 10.8 Å². The average Bonchev–Trinajstić information content (AvgIpc) is 3.20. The highest BCUT2D eigenvalue weighted by Crippen LogP contribution is 2.38. The molecular formula is C27H31ClN2O4S. The minimum Gasteiger partial charge on any atom is -0.484 e. The smallest absolute Gasteiger partial charge is 0.341 e. The van der Waals surface area contributed by atoms with Crippen LogP contribution in [0.3, 0.4) is 0 Å². The van der Waals surface area contributed by atoms with Crippen molar-refractivity contribution in [3.8, 4) is 5.75 Å². The third-order valence-corrected chi connectivity index (χ3v) is 7.08. The van der Waals surface area contributed by atoms with Gasteiger partial charge in [0.2, 0.25) is 0 Å². The number of halogens is 1. The minimum absolute atomic E-state index is 0. The van der Waals surface area contributed by atoms with Crippen molar-refractivity contribution in [2.45, 2.75) is 39.3 Å². The second-order valence-electron chi connectivity index (χ2n) is 8.71. The number of carbonyl (C=O) groups excluding carboxylic acids is 2. The predicted octanol–water partition coefficient (Wildman–Crippen LogP) is 5.66. The Morgan fingerprint density at radius 1 is 1.09 bits per heavy atom. The summed E-state index contributed by atoms with van der Waals surface area (Å²) in [6, 6.07) is 18.1. The molecule has 1 aromatic heterocycles. The lowest BCUT2D eigenvalue weighted by Crippen LogP contribution is -2.29. The number of hydrogen-bond acceptors (Lipinski definition) is 6. The van der Waals surface area contributed by atoms with Crippen LogP contribution in [0.15, 0.2) is 54.6 Å². The molecule has 3 aromatic rings. The highest BCUT2D eigenvalue weighted by Gasteiger charge is 2.29. The summed E-state index contributed by atoms with van der Waals surface area (Å²) in [6.45, 7) is 6.54. The molecule has 0 fully saturated rings. The van der Waals surface area contributed by atoms with Crippen molar-refractivity contribution in [2.24, 2.45) is 0 Å². The molecule has 4 rings (SSSR count). The molecule has 8 heteroatoms. The maximum atomic E-state index is 12.7. The fraction of sp³-hybridized carbons (Fsp3) is 0.333. The Balaban J connectivity index is 0.00000342. The van der Waals surface area contributed by atoms with Crippen molar-refractivity contribution in [1.29, 1.82) is 0 Å². The van der Waals surface area contributed by atoms with Gasteiger partial charge >= 0.3 is 5.97 Å². The molecule has 2 heterocycles. The zero-order chi connectivity index (χ0) is 24.1. The van der Waals surface area contributed by atoms with Gasteiger partial charge in [-0.1, -0.05) is 56.3 Å². The molecule has 0 spiro atoms. The zero-order valence-electron chi connectivity index (χ0n) is 20.2. The number of benzene rings is 2. The van der Waals surface area contributed by atoms with E-state index < -0.39 is 5.97 Å². The summed E-state index contributed by atoms with van der Waals surface area (Å²) in [7, 11) is 1.37. The second-order valence-corrected chi connectivity index (χ2v) is 9.81. The Labute approximate surface area is 216 Å². The second kappa shape index (κ2) is 12.2. The van der Waals surface area contributed by atoms with Gasteiger partial charge in [-0.15, -0.1) is 23.7 Å². The van der Waals surface area contributed by atoms with Crippen molar-refractivity contribution in [3.05, 3.63) is 81.7 Å². The minimum atomic E-state index is -0.422. The first-order valence-electron chi connectivity index (χ1n) is 11.5. The topological polar surface area (TPSA) is 67.9 Å². The molecule has 35 heavy (non-hydrogen) atoms. The molecular weight excluding hydrogens is 484 g/mol. The van der Waals surface area contributed by atoms with Crippen molar-refractivity contribution < 1.29 is 19.1 Å². The van der Waals surface area contributed by atoms with Crippen LogP contribution >= 0.6 is 23.7 Å². The molecule has 0 bridgehead atoms. The number of hydrogen-bond donors (Lipinski definition) is 1. The maximum absolute atomic E-state index is 12.7. The van der Waals surface area contributed by atoms with Crippen molar-refractivity contribution in [3.63, 3.8) is 0 Å². The van der Waals surface area contributed by atoms with E-state index in [1.54, 1.807) is 0 Å². The van der Waals surface area contributed by atoms with Crippen LogP contribution in [0, 0.1) is 0 Å². The highest BCUT2D eigenvalue weighted by atomic mass is 35.5. The van der Waals surface area contributed by atoms with E-state index in [4.69, 9.17) is 9.47 Å². The average molecular weight is 515 g/mol. The molecule has 1 N–H and O–H groups in total. The molecule has 6 nitrogen and oxygen atoms in total. The van der Waals surface area contributed by atoms with Crippen LogP contribution in [-0.4, -0.2) is 37.0 Å². The number of esters is 1. The van der Waals surface area contributed by atoms with Gasteiger partial charge in [0.15, 0.2) is 6.61 Å². The molecule has 1 aliphatic rings. The lowest BCUT2D eigenvalue weighted by Gasteiger charge is -2.27. The first-order chi connectivity index (χ1) is 16.4. The molecule has 0 atom stereocenters. The standard InChI is InChI=1S/C27H30N2O4S.ClH/c1-18(2)20-9-11-21(12-10-20)33-17-24(30)28-26-25(27(31)32-3)22-13-14-29(16-23(22)34-26)15-19-7-5-4-6-8-19;/h4-12,18H,13-17H2,1-3H3,(H,28,30);1H. The summed E-state index contributed by atoms with van der Waals surface area (Å²) in [6.07, 6.45) is 0.734. The zero-order valence-corrected chi connectivity index (χ0v) is 21.8. The molecule has 0 radical (unpaired) electrons. The van der Waals surface area contributed by atoms with Gasteiger partial charge < -0.3 is 14.8 Å². The van der Waals surface area contributed by atoms with E-state index in [-0.39, 0.29) is 24.9 Å². The van der Waals surface area contributed by atoms with Crippen LogP contribution in [-0.2, 0) is 29.0 Å². The summed E-state index contributed by atoms with van der Waals surface area (Å²) in [5.41, 5.74) is 3.91. The molecule has 2 aromatic carbocycles. The number of amides is 1. The van der Waals surface area contributed by atoms with Crippen molar-refractivity contribution in [1.82, 2.24) is 4.90 Å². The quantitative estimate of drug-likeness (QED) is 0.393. The number of nitrogens with one attached hydrogen (secondary N) is 1. The number of carbonyl (C=O) groups is 2. The molecule has 0 saturated carbocycles. The Hall–Kier alpha value is -2.87. The lowest BCUT2D eigenvalue weighted by molar-refractivity contribution is -0.118. The van der Waals surface area contributed by atoms with E-state index >= 15 is 0 Å². The van der Waals surface area contributed by atoms with Gasteiger partial charge in [-0.25, -0.2) is 4.79 Å². The highest BCUT2D eigenvalue weighted by molar-refractivity contribution is 7.17. The van der Waals surface area contributed by atoms with Crippen LogP contribution in [0.1, 0.15) is 51.7 Å². The number of fused-ring (bicyclic) bond motifs is 1. The Bertz CT molecular complexity index is 1150. The molecule has 1 amide bonds. The number of methoxy groups -OCH3 is 1. The number of rotatable bonds is 8. The van der Waals surface area contributed by atoms with Gasteiger partial charge in [-0.2, -0.15) is 0 Å². The van der Waals surface area contributed by atoms with Crippen LogP contribution in [0.5, 0.6) is 5.75 Å². The summed E-state index contributed by atoms with van der Waals surface area (Å²) in [5, 5.41) is 3.41. The third-order valence-electron chi connectivity index (χ3n) is 5.94. The van der Waals surface area contributed by atoms with Gasteiger partial charge in [0.25, 0.3) is 5.91 Å². The van der Waals surface area contributed by atoms with Crippen LogP contribution < -0.4 is 10.1 Å². The van der Waals surface area contributed by atoms with E-state index in [1.807, 2.05) is 42.5 Å². The summed E-state index contributed by atoms with van der Waals surface area (Å²) >= 11 is 1.45. The van der Waals surface area contributed by atoms with E-state index in [0.717, 1.165) is 36.5 Å². The first kappa shape index (κ1) is 26.7. The van der Waals surface area contributed by atoms with Gasteiger partial charge in [0.05, 0.1) is 12.7 Å². The summed E-state index contributed by atoms with van der Waals surface area (Å²) < 4.78 is 10.7. The SMILES string of the molecule is COC(=O)c1c(NC(=O)COc2ccc(C(C)C)cc2)sc2c1CCN(Cc1ccccc1)C2.Cl. The molecule has 0 aliphatic carbocycles. The van der Waals surface area contributed by atoms with Crippen molar-refractivity contribution >= 4 is 40.6 Å². The molecule has 1 aliphatic heterocycles.